The molecule has 0 spiro atoms. The number of carbonyl (C=O) groups is 3. The van der Waals surface area contributed by atoms with Crippen molar-refractivity contribution in [3.63, 3.8) is 0 Å². The van der Waals surface area contributed by atoms with Crippen molar-refractivity contribution in [1.29, 1.82) is 0 Å². The van der Waals surface area contributed by atoms with Crippen LogP contribution in [-0.4, -0.2) is 22.4 Å². The molecule has 1 N–H and O–H groups in total. The highest BCUT2D eigenvalue weighted by atomic mass is 127. The molecule has 2 heterocycles. The summed E-state index contributed by atoms with van der Waals surface area (Å²) in [7, 11) is 0. The van der Waals surface area contributed by atoms with Crippen LogP contribution in [0.1, 0.15) is 11.3 Å². The summed E-state index contributed by atoms with van der Waals surface area (Å²) in [5.74, 6) is -1.36. The summed E-state index contributed by atoms with van der Waals surface area (Å²) in [6, 6.07) is 17.7. The first-order chi connectivity index (χ1) is 13.9. The Balaban J connectivity index is 1.73. The minimum absolute atomic E-state index is 0.101. The van der Waals surface area contributed by atoms with Crippen molar-refractivity contribution in [3.8, 4) is 5.69 Å². The Morgan fingerprint density at radius 2 is 1.55 bits per heavy atom. The van der Waals surface area contributed by atoms with Crippen molar-refractivity contribution >= 4 is 52.2 Å². The van der Waals surface area contributed by atoms with E-state index in [2.05, 4.69) is 27.9 Å². The monoisotopic (exact) mass is 497 g/mol. The Hall–Kier alpha value is -3.20. The predicted molar refractivity (Wildman–Crippen MR) is 119 cm³/mol. The van der Waals surface area contributed by atoms with E-state index in [1.807, 2.05) is 48.0 Å². The van der Waals surface area contributed by atoms with E-state index in [4.69, 9.17) is 0 Å². The third-order valence-corrected chi connectivity index (χ3v) is 5.29. The zero-order chi connectivity index (χ0) is 20.5. The van der Waals surface area contributed by atoms with Gasteiger partial charge in [-0.15, -0.1) is 0 Å². The molecule has 1 saturated heterocycles. The van der Waals surface area contributed by atoms with E-state index in [0.717, 1.165) is 19.7 Å². The maximum atomic E-state index is 13.0. The highest BCUT2D eigenvalue weighted by molar-refractivity contribution is 14.1. The quantitative estimate of drug-likeness (QED) is 0.337. The smallest absolute Gasteiger partial charge is 0.317 e. The highest BCUT2D eigenvalue weighted by Crippen LogP contribution is 2.23. The number of anilines is 1. The molecule has 7 heteroatoms. The molecule has 29 heavy (non-hydrogen) atoms. The van der Waals surface area contributed by atoms with E-state index in [9.17, 15) is 14.4 Å². The number of barbiturate groups is 1. The van der Waals surface area contributed by atoms with Gasteiger partial charge in [-0.2, -0.15) is 0 Å². The third kappa shape index (κ3) is 3.73. The van der Waals surface area contributed by atoms with Crippen molar-refractivity contribution < 1.29 is 14.4 Å². The molecule has 1 aliphatic heterocycles. The second-order valence-corrected chi connectivity index (χ2v) is 7.82. The second kappa shape index (κ2) is 7.67. The maximum absolute atomic E-state index is 13.0. The molecule has 0 radical (unpaired) electrons. The Kier molecular flexibility index (Phi) is 5.06. The number of aryl methyl sites for hydroxylation is 1. The maximum Gasteiger partial charge on any atom is 0.335 e. The van der Waals surface area contributed by atoms with Crippen molar-refractivity contribution in [2.24, 2.45) is 0 Å². The van der Waals surface area contributed by atoms with E-state index in [1.54, 1.807) is 30.3 Å². The van der Waals surface area contributed by atoms with Crippen LogP contribution in [0.4, 0.5) is 10.5 Å². The topological polar surface area (TPSA) is 71.4 Å². The van der Waals surface area contributed by atoms with Crippen LogP contribution < -0.4 is 10.2 Å². The number of carbonyl (C=O) groups excluding carboxylic acids is 3. The van der Waals surface area contributed by atoms with Crippen LogP contribution in [0, 0.1) is 10.5 Å². The number of hydrogen-bond donors (Lipinski definition) is 1. The molecule has 4 amide bonds. The minimum Gasteiger partial charge on any atom is -0.317 e. The number of aromatic nitrogens is 1. The second-order valence-electron chi connectivity index (χ2n) is 6.57. The predicted octanol–water partition coefficient (Wildman–Crippen LogP) is 4.06. The van der Waals surface area contributed by atoms with Gasteiger partial charge in [0.05, 0.1) is 5.69 Å². The number of nitrogens with one attached hydrogen (secondary N) is 1. The van der Waals surface area contributed by atoms with Crippen molar-refractivity contribution in [1.82, 2.24) is 9.88 Å². The van der Waals surface area contributed by atoms with Gasteiger partial charge in [-0.3, -0.25) is 14.9 Å². The molecule has 0 saturated carbocycles. The fourth-order valence-electron chi connectivity index (χ4n) is 3.08. The van der Waals surface area contributed by atoms with Gasteiger partial charge in [0.2, 0.25) is 0 Å². The Morgan fingerprint density at radius 1 is 0.897 bits per heavy atom. The zero-order valence-corrected chi connectivity index (χ0v) is 17.6. The zero-order valence-electron chi connectivity index (χ0n) is 15.4. The summed E-state index contributed by atoms with van der Waals surface area (Å²) >= 11 is 2.23. The lowest BCUT2D eigenvalue weighted by atomic mass is 10.1. The van der Waals surface area contributed by atoms with Gasteiger partial charge in [0, 0.05) is 21.1 Å². The summed E-state index contributed by atoms with van der Waals surface area (Å²) in [5, 5.41) is 2.25. The van der Waals surface area contributed by atoms with E-state index in [1.165, 1.54) is 6.08 Å². The van der Waals surface area contributed by atoms with Crippen LogP contribution in [0.15, 0.2) is 72.4 Å². The summed E-state index contributed by atoms with van der Waals surface area (Å²) in [4.78, 5) is 38.7. The average molecular weight is 497 g/mol. The molecular weight excluding hydrogens is 481 g/mol. The Morgan fingerprint density at radius 3 is 2.24 bits per heavy atom. The van der Waals surface area contributed by atoms with Gasteiger partial charge in [-0.1, -0.05) is 17.7 Å². The molecular formula is C22H16IN3O3. The number of hydrogen-bond acceptors (Lipinski definition) is 3. The first kappa shape index (κ1) is 19.1. The molecule has 0 unspecified atom stereocenters. The number of rotatable bonds is 3. The lowest BCUT2D eigenvalue weighted by Crippen LogP contribution is -2.54. The number of nitrogens with zero attached hydrogens (tertiary/aromatic N) is 2. The van der Waals surface area contributed by atoms with Gasteiger partial charge in [0.15, 0.2) is 0 Å². The lowest BCUT2D eigenvalue weighted by Gasteiger charge is -2.26. The van der Waals surface area contributed by atoms with Crippen LogP contribution in [0.25, 0.3) is 11.8 Å². The molecule has 1 aliphatic rings. The van der Waals surface area contributed by atoms with Crippen molar-refractivity contribution in [3.05, 3.63) is 87.3 Å². The molecule has 144 valence electrons. The molecule has 3 aromatic rings. The number of urea groups is 1. The number of benzene rings is 2. The number of imide groups is 2. The SMILES string of the molecule is Cc1ccc(N2C(=O)NC(=O)C(=Cc3cccn3-c3ccc(I)cc3)C2=O)cc1. The van der Waals surface area contributed by atoms with Crippen LogP contribution in [0.2, 0.25) is 0 Å². The summed E-state index contributed by atoms with van der Waals surface area (Å²) in [6.07, 6.45) is 3.35. The summed E-state index contributed by atoms with van der Waals surface area (Å²) < 4.78 is 2.98. The number of halogens is 1. The normalized spacial score (nSPS) is 15.7. The molecule has 4 rings (SSSR count). The summed E-state index contributed by atoms with van der Waals surface area (Å²) in [5.41, 5.74) is 2.86. The van der Waals surface area contributed by atoms with Gasteiger partial charge in [-0.25, -0.2) is 9.69 Å². The molecule has 1 aromatic heterocycles. The molecule has 0 bridgehead atoms. The minimum atomic E-state index is -0.756. The van der Waals surface area contributed by atoms with Gasteiger partial charge in [0.1, 0.15) is 5.57 Å². The van der Waals surface area contributed by atoms with Crippen LogP contribution in [0.3, 0.4) is 0 Å². The van der Waals surface area contributed by atoms with Gasteiger partial charge in [0.25, 0.3) is 11.8 Å². The van der Waals surface area contributed by atoms with E-state index >= 15 is 0 Å². The molecule has 1 fully saturated rings. The first-order valence-corrected chi connectivity index (χ1v) is 9.93. The molecule has 2 aromatic carbocycles. The van der Waals surface area contributed by atoms with Gasteiger partial charge < -0.3 is 4.57 Å². The average Bonchev–Trinajstić information content (AvgIpc) is 3.15. The van der Waals surface area contributed by atoms with E-state index in [-0.39, 0.29) is 5.57 Å². The summed E-state index contributed by atoms with van der Waals surface area (Å²) in [6.45, 7) is 1.91. The lowest BCUT2D eigenvalue weighted by molar-refractivity contribution is -0.122. The Labute approximate surface area is 181 Å². The van der Waals surface area contributed by atoms with Crippen LogP contribution in [-0.2, 0) is 9.59 Å². The van der Waals surface area contributed by atoms with Crippen LogP contribution >= 0.6 is 22.6 Å². The third-order valence-electron chi connectivity index (χ3n) is 4.57. The van der Waals surface area contributed by atoms with Crippen LogP contribution in [0.5, 0.6) is 0 Å². The van der Waals surface area contributed by atoms with Crippen molar-refractivity contribution in [2.75, 3.05) is 4.90 Å². The van der Waals surface area contributed by atoms with Gasteiger partial charge in [-0.05, 0) is 84.1 Å². The standard InChI is InChI=1S/C22H16IN3O3/c1-14-4-8-17(9-5-14)26-21(28)19(20(27)24-22(26)29)13-18-3-2-12-25(18)16-10-6-15(23)7-11-16/h2-13H,1H3,(H,24,27,29). The molecule has 6 nitrogen and oxygen atoms in total. The fraction of sp³-hybridized carbons (Fsp3) is 0.0455. The molecule has 0 aliphatic carbocycles. The Bertz CT molecular complexity index is 1140. The highest BCUT2D eigenvalue weighted by Gasteiger charge is 2.36. The number of amides is 4. The van der Waals surface area contributed by atoms with E-state index in [0.29, 0.717) is 11.4 Å². The first-order valence-electron chi connectivity index (χ1n) is 8.85. The van der Waals surface area contributed by atoms with Gasteiger partial charge >= 0.3 is 6.03 Å². The van der Waals surface area contributed by atoms with Crippen molar-refractivity contribution in [2.45, 2.75) is 6.92 Å². The molecule has 0 atom stereocenters. The largest absolute Gasteiger partial charge is 0.335 e. The fourth-order valence-corrected chi connectivity index (χ4v) is 3.44. The van der Waals surface area contributed by atoms with E-state index < -0.39 is 17.8 Å².